The Balaban J connectivity index is 1.48. The Morgan fingerprint density at radius 2 is 2.30 bits per heavy atom. The molecule has 0 aliphatic carbocycles. The first kappa shape index (κ1) is 13.9. The molecule has 1 aromatic carbocycles. The fourth-order valence-electron chi connectivity index (χ4n) is 2.77. The molecule has 4 nitrogen and oxygen atoms in total. The summed E-state index contributed by atoms with van der Waals surface area (Å²) in [7, 11) is 0. The molecule has 0 saturated carbocycles. The molecule has 2 N–H and O–H groups in total. The number of halogens is 1. The number of hydrogen-bond acceptors (Lipinski definition) is 3. The standard InChI is InChI=1S/C15H20BrN3O/c16-13-2-1-3-14(6-13)19-5-4-11(10-19)7-18-15(20)12-8-17-9-12/h1-3,6,11-12,17H,4-5,7-10H2,(H,18,20). The van der Waals surface area contributed by atoms with E-state index in [0.717, 1.165) is 43.6 Å². The van der Waals surface area contributed by atoms with E-state index in [4.69, 9.17) is 0 Å². The minimum atomic E-state index is 0.192. The molecule has 2 aliphatic rings. The lowest BCUT2D eigenvalue weighted by Gasteiger charge is -2.26. The third-order valence-electron chi connectivity index (χ3n) is 4.18. The fourth-order valence-corrected chi connectivity index (χ4v) is 3.16. The van der Waals surface area contributed by atoms with Gasteiger partial charge in [0.05, 0.1) is 5.92 Å². The predicted octanol–water partition coefficient (Wildman–Crippen LogP) is 1.61. The van der Waals surface area contributed by atoms with Gasteiger partial charge in [0, 0.05) is 42.9 Å². The van der Waals surface area contributed by atoms with E-state index in [0.29, 0.717) is 5.92 Å². The van der Waals surface area contributed by atoms with Gasteiger partial charge in [-0.2, -0.15) is 0 Å². The van der Waals surface area contributed by atoms with Crippen molar-refractivity contribution in [2.24, 2.45) is 11.8 Å². The summed E-state index contributed by atoms with van der Waals surface area (Å²) in [6.45, 7) is 4.57. The molecule has 3 rings (SSSR count). The van der Waals surface area contributed by atoms with Crippen LogP contribution in [0, 0.1) is 11.8 Å². The van der Waals surface area contributed by atoms with Crippen LogP contribution >= 0.6 is 15.9 Å². The van der Waals surface area contributed by atoms with Gasteiger partial charge < -0.3 is 15.5 Å². The average Bonchev–Trinajstić information content (AvgIpc) is 2.83. The minimum Gasteiger partial charge on any atom is -0.371 e. The summed E-state index contributed by atoms with van der Waals surface area (Å²) in [5.74, 6) is 0.966. The summed E-state index contributed by atoms with van der Waals surface area (Å²) in [5.41, 5.74) is 1.26. The highest BCUT2D eigenvalue weighted by molar-refractivity contribution is 9.10. The van der Waals surface area contributed by atoms with Crippen LogP contribution < -0.4 is 15.5 Å². The maximum absolute atomic E-state index is 11.8. The van der Waals surface area contributed by atoms with Gasteiger partial charge >= 0.3 is 0 Å². The monoisotopic (exact) mass is 337 g/mol. The Hall–Kier alpha value is -1.07. The molecule has 1 unspecified atom stereocenters. The van der Waals surface area contributed by atoms with Gasteiger partial charge in [0.2, 0.25) is 5.91 Å². The molecule has 20 heavy (non-hydrogen) atoms. The van der Waals surface area contributed by atoms with Crippen molar-refractivity contribution in [3.63, 3.8) is 0 Å². The molecule has 2 heterocycles. The van der Waals surface area contributed by atoms with Gasteiger partial charge in [-0.25, -0.2) is 0 Å². The van der Waals surface area contributed by atoms with E-state index >= 15 is 0 Å². The van der Waals surface area contributed by atoms with E-state index in [2.05, 4.69) is 49.7 Å². The number of amides is 1. The van der Waals surface area contributed by atoms with Gasteiger partial charge in [0.25, 0.3) is 0 Å². The summed E-state index contributed by atoms with van der Waals surface area (Å²) in [6.07, 6.45) is 1.15. The first-order valence-electron chi connectivity index (χ1n) is 7.21. The van der Waals surface area contributed by atoms with Crippen molar-refractivity contribution in [2.45, 2.75) is 6.42 Å². The van der Waals surface area contributed by atoms with Crippen LogP contribution in [-0.4, -0.2) is 38.6 Å². The summed E-state index contributed by atoms with van der Waals surface area (Å²) >= 11 is 3.51. The first-order valence-corrected chi connectivity index (χ1v) is 8.00. The molecule has 108 valence electrons. The highest BCUT2D eigenvalue weighted by Gasteiger charge is 2.27. The summed E-state index contributed by atoms with van der Waals surface area (Å²) in [6, 6.07) is 8.41. The van der Waals surface area contributed by atoms with Crippen LogP contribution in [0.5, 0.6) is 0 Å². The zero-order chi connectivity index (χ0) is 13.9. The van der Waals surface area contributed by atoms with Crippen LogP contribution in [-0.2, 0) is 4.79 Å². The van der Waals surface area contributed by atoms with Crippen molar-refractivity contribution in [3.8, 4) is 0 Å². The maximum Gasteiger partial charge on any atom is 0.225 e. The van der Waals surface area contributed by atoms with Gasteiger partial charge in [-0.05, 0) is 30.5 Å². The summed E-state index contributed by atoms with van der Waals surface area (Å²) < 4.78 is 1.12. The number of benzene rings is 1. The predicted molar refractivity (Wildman–Crippen MR) is 83.8 cm³/mol. The molecule has 2 aliphatic heterocycles. The van der Waals surface area contributed by atoms with Crippen molar-refractivity contribution in [1.82, 2.24) is 10.6 Å². The second-order valence-electron chi connectivity index (χ2n) is 5.68. The molecule has 1 amide bonds. The van der Waals surface area contributed by atoms with Crippen molar-refractivity contribution < 1.29 is 4.79 Å². The molecule has 0 aromatic heterocycles. The number of carbonyl (C=O) groups is 1. The zero-order valence-electron chi connectivity index (χ0n) is 11.4. The summed E-state index contributed by atoms with van der Waals surface area (Å²) in [5, 5.41) is 6.23. The lowest BCUT2D eigenvalue weighted by atomic mass is 10.0. The number of rotatable bonds is 4. The van der Waals surface area contributed by atoms with Crippen LogP contribution in [0.4, 0.5) is 5.69 Å². The number of carbonyl (C=O) groups excluding carboxylic acids is 1. The molecule has 1 atom stereocenters. The third kappa shape index (κ3) is 3.15. The van der Waals surface area contributed by atoms with E-state index in [1.54, 1.807) is 0 Å². The van der Waals surface area contributed by atoms with Gasteiger partial charge in [-0.15, -0.1) is 0 Å². The van der Waals surface area contributed by atoms with E-state index in [1.165, 1.54) is 5.69 Å². The Morgan fingerprint density at radius 1 is 1.45 bits per heavy atom. The first-order chi connectivity index (χ1) is 9.72. The highest BCUT2D eigenvalue weighted by Crippen LogP contribution is 2.25. The van der Waals surface area contributed by atoms with Crippen LogP contribution in [0.3, 0.4) is 0 Å². The Labute approximate surface area is 128 Å². The van der Waals surface area contributed by atoms with Crippen LogP contribution in [0.2, 0.25) is 0 Å². The van der Waals surface area contributed by atoms with Crippen LogP contribution in [0.15, 0.2) is 28.7 Å². The smallest absolute Gasteiger partial charge is 0.225 e. The number of nitrogens with one attached hydrogen (secondary N) is 2. The lowest BCUT2D eigenvalue weighted by molar-refractivity contribution is -0.126. The Kier molecular flexibility index (Phi) is 4.27. The molecule has 0 spiro atoms. The van der Waals surface area contributed by atoms with Gasteiger partial charge in [0.1, 0.15) is 0 Å². The molecule has 0 radical (unpaired) electrons. The van der Waals surface area contributed by atoms with Gasteiger partial charge in [-0.3, -0.25) is 4.79 Å². The zero-order valence-corrected chi connectivity index (χ0v) is 13.0. The van der Waals surface area contributed by atoms with E-state index in [9.17, 15) is 4.79 Å². The molecule has 5 heteroatoms. The number of hydrogen-bond donors (Lipinski definition) is 2. The SMILES string of the molecule is O=C(NCC1CCN(c2cccc(Br)c2)C1)C1CNC1. The van der Waals surface area contributed by atoms with E-state index in [1.807, 2.05) is 6.07 Å². The highest BCUT2D eigenvalue weighted by atomic mass is 79.9. The second-order valence-corrected chi connectivity index (χ2v) is 6.60. The molecular formula is C15H20BrN3O. The quantitative estimate of drug-likeness (QED) is 0.877. The van der Waals surface area contributed by atoms with Crippen molar-refractivity contribution in [1.29, 1.82) is 0 Å². The largest absolute Gasteiger partial charge is 0.371 e. The van der Waals surface area contributed by atoms with Crippen LogP contribution in [0.25, 0.3) is 0 Å². The summed E-state index contributed by atoms with van der Waals surface area (Å²) in [4.78, 5) is 14.2. The van der Waals surface area contributed by atoms with Crippen molar-refractivity contribution in [3.05, 3.63) is 28.7 Å². The van der Waals surface area contributed by atoms with Gasteiger partial charge in [-0.1, -0.05) is 22.0 Å². The molecule has 2 fully saturated rings. The van der Waals surface area contributed by atoms with Crippen molar-refractivity contribution in [2.75, 3.05) is 37.6 Å². The van der Waals surface area contributed by atoms with Gasteiger partial charge in [0.15, 0.2) is 0 Å². The Bertz CT molecular complexity index is 490. The molecular weight excluding hydrogens is 318 g/mol. The normalized spacial score (nSPS) is 22.6. The average molecular weight is 338 g/mol. The number of anilines is 1. The minimum absolute atomic E-state index is 0.192. The fraction of sp³-hybridized carbons (Fsp3) is 0.533. The Morgan fingerprint density at radius 3 is 3.00 bits per heavy atom. The third-order valence-corrected chi connectivity index (χ3v) is 4.67. The maximum atomic E-state index is 11.8. The molecule has 2 saturated heterocycles. The van der Waals surface area contributed by atoms with Crippen molar-refractivity contribution >= 4 is 27.5 Å². The van der Waals surface area contributed by atoms with E-state index < -0.39 is 0 Å². The van der Waals surface area contributed by atoms with E-state index in [-0.39, 0.29) is 11.8 Å². The molecule has 0 bridgehead atoms. The molecule has 1 aromatic rings. The second kappa shape index (κ2) is 6.14. The topological polar surface area (TPSA) is 44.4 Å². The van der Waals surface area contributed by atoms with Crippen LogP contribution in [0.1, 0.15) is 6.42 Å². The lowest BCUT2D eigenvalue weighted by Crippen LogP contribution is -2.51. The number of nitrogens with zero attached hydrogens (tertiary/aromatic N) is 1.